The first-order chi connectivity index (χ1) is 39.8. The van der Waals surface area contributed by atoms with Gasteiger partial charge in [0.2, 0.25) is 40.1 Å². The van der Waals surface area contributed by atoms with Crippen LogP contribution in [-0.4, -0.2) is 109 Å². The van der Waals surface area contributed by atoms with E-state index in [0.29, 0.717) is 74.7 Å². The van der Waals surface area contributed by atoms with Gasteiger partial charge in [-0.25, -0.2) is 111 Å². The molecule has 0 saturated heterocycles. The summed E-state index contributed by atoms with van der Waals surface area (Å²) < 4.78 is 164. The molecule has 6 aromatic rings. The molecule has 0 amide bonds. The van der Waals surface area contributed by atoms with Crippen LogP contribution >= 0.6 is 0 Å². The fourth-order valence-corrected chi connectivity index (χ4v) is 16.9. The number of aryl methyl sites for hydroxylation is 2. The highest BCUT2D eigenvalue weighted by molar-refractivity contribution is 7.90. The van der Waals surface area contributed by atoms with Gasteiger partial charge in [0.15, 0.2) is 23.3 Å². The molecule has 0 aliphatic heterocycles. The van der Waals surface area contributed by atoms with Crippen molar-refractivity contribution in [1.29, 1.82) is 0 Å². The Balaban J connectivity index is 0.000000165. The van der Waals surface area contributed by atoms with Crippen LogP contribution in [0.2, 0.25) is 0 Å². The molecule has 0 radical (unpaired) electrons. The molecule has 0 unspecified atom stereocenters. The number of ether oxygens (including phenoxy) is 2. The predicted octanol–water partition coefficient (Wildman–Crippen LogP) is 6.46. The molecule has 0 bridgehead atoms. The minimum atomic E-state index is -3.58. The SMILES string of the molecule is COc1ccc(CNS(=O)(=O)[C@@H]2CCC[C@H]2c2ncc(F)cn2)c(C)c1.COc1ccc(CNS(=O)(=O)[C@H]2CCC[C@@H]2c2ncc(F)cn2)c(C)c1.NS(=O)(=O)[C@@H]1CCC[C@H]1c1ncc(F)cn1.NS(=O)(=O)[C@H]1CCC[C@@H]1c1ncc(F)cn1. The van der Waals surface area contributed by atoms with E-state index >= 15 is 0 Å². The summed E-state index contributed by atoms with van der Waals surface area (Å²) >= 11 is 0. The number of halogens is 4. The Kier molecular flexibility index (Phi) is 22.3. The van der Waals surface area contributed by atoms with E-state index in [1.165, 1.54) is 0 Å². The van der Waals surface area contributed by atoms with Crippen molar-refractivity contribution in [2.75, 3.05) is 14.2 Å². The van der Waals surface area contributed by atoms with Crippen LogP contribution in [-0.2, 0) is 53.2 Å². The normalized spacial score (nSPS) is 22.4. The van der Waals surface area contributed by atoms with Gasteiger partial charge in [-0.15, -0.1) is 0 Å². The van der Waals surface area contributed by atoms with E-state index in [2.05, 4.69) is 49.3 Å². The van der Waals surface area contributed by atoms with Crippen molar-refractivity contribution >= 4 is 40.1 Å². The summed E-state index contributed by atoms with van der Waals surface area (Å²) in [5.41, 5.74) is 3.69. The van der Waals surface area contributed by atoms with Crippen molar-refractivity contribution in [2.24, 2.45) is 10.3 Å². The molecule has 4 aromatic heterocycles. The number of nitrogens with zero attached hydrogens (tertiary/aromatic N) is 8. The number of aromatic nitrogens is 8. The van der Waals surface area contributed by atoms with Gasteiger partial charge >= 0.3 is 0 Å². The topological polar surface area (TPSA) is 334 Å². The highest BCUT2D eigenvalue weighted by Crippen LogP contribution is 2.40. The first-order valence-corrected chi connectivity index (χ1v) is 33.3. The lowest BCUT2D eigenvalue weighted by molar-refractivity contribution is 0.414. The Morgan fingerprint density at radius 3 is 0.917 bits per heavy atom. The lowest BCUT2D eigenvalue weighted by Gasteiger charge is -2.19. The standard InChI is InChI=1S/2C18H22FN3O3S.2C9H12FN3O2S/c2*1-12-8-15(25-2)7-6-13(12)9-22-26(23,24)17-5-3-4-16(17)18-20-10-14(19)11-21-18;2*10-6-4-12-9(13-5-6)7-2-1-3-8(7)16(11,14)15/h2*6-8,10-11,16-17,22H,3-5,9H2,1-2H3;2*4-5,7-8H,1-3H2,(H2,11,14,15)/t2*16-,17-;2*7-,8-/m1010/s1. The maximum atomic E-state index is 13.0. The monoisotopic (exact) mass is 1250 g/mol. The average molecular weight is 1250 g/mol. The average Bonchev–Trinajstić information content (AvgIpc) is 3.88. The number of hydrogen-bond acceptors (Lipinski definition) is 18. The zero-order valence-electron chi connectivity index (χ0n) is 46.6. The molecular formula is C54H68F4N12O10S4. The third kappa shape index (κ3) is 17.4. The van der Waals surface area contributed by atoms with Crippen molar-refractivity contribution in [2.45, 2.75) is 149 Å². The molecule has 4 aliphatic rings. The molecular weight excluding hydrogens is 1180 g/mol. The van der Waals surface area contributed by atoms with E-state index in [1.54, 1.807) is 26.4 Å². The quantitative estimate of drug-likeness (QED) is 0.0755. The fraction of sp³-hybridized carbons (Fsp3) is 0.481. The Hall–Kier alpha value is -6.28. The van der Waals surface area contributed by atoms with Gasteiger partial charge in [-0.2, -0.15) is 0 Å². The van der Waals surface area contributed by atoms with Gasteiger partial charge in [-0.1, -0.05) is 37.8 Å². The summed E-state index contributed by atoms with van der Waals surface area (Å²) in [6, 6.07) is 11.1. The number of primary sulfonamides is 2. The number of methoxy groups -OCH3 is 2. The van der Waals surface area contributed by atoms with E-state index in [4.69, 9.17) is 19.8 Å². The fourth-order valence-electron chi connectivity index (χ4n) is 11.0. The molecule has 2 aromatic carbocycles. The number of hydrogen-bond donors (Lipinski definition) is 4. The molecule has 22 nitrogen and oxygen atoms in total. The maximum Gasteiger partial charge on any atom is 0.215 e. The number of benzene rings is 2. The second-order valence-corrected chi connectivity index (χ2v) is 28.4. The molecule has 8 atom stereocenters. The first-order valence-electron chi connectivity index (χ1n) is 26.9. The van der Waals surface area contributed by atoms with Crippen molar-refractivity contribution in [3.63, 3.8) is 0 Å². The van der Waals surface area contributed by atoms with Gasteiger partial charge in [0.05, 0.1) is 84.8 Å². The highest BCUT2D eigenvalue weighted by atomic mass is 32.2. The number of sulfonamides is 4. The van der Waals surface area contributed by atoms with Crippen LogP contribution in [0.25, 0.3) is 0 Å². The summed E-state index contributed by atoms with van der Waals surface area (Å²) in [5, 5.41) is 7.79. The van der Waals surface area contributed by atoms with E-state index < -0.39 is 84.4 Å². The molecule has 456 valence electrons. The molecule has 4 saturated carbocycles. The Morgan fingerprint density at radius 1 is 0.429 bits per heavy atom. The van der Waals surface area contributed by atoms with Crippen molar-refractivity contribution < 1.29 is 60.7 Å². The maximum absolute atomic E-state index is 13.0. The molecule has 30 heteroatoms. The van der Waals surface area contributed by atoms with Gasteiger partial charge in [-0.3, -0.25) is 0 Å². The Labute approximate surface area is 487 Å². The first kappa shape index (κ1) is 65.3. The molecule has 4 heterocycles. The van der Waals surface area contributed by atoms with Crippen LogP contribution < -0.4 is 29.2 Å². The van der Waals surface area contributed by atoms with Gasteiger partial charge < -0.3 is 9.47 Å². The summed E-state index contributed by atoms with van der Waals surface area (Å²) in [7, 11) is -11.1. The van der Waals surface area contributed by atoms with Gasteiger partial charge in [0.1, 0.15) is 34.8 Å². The minimum absolute atomic E-state index is 0.214. The van der Waals surface area contributed by atoms with Crippen LogP contribution in [0.15, 0.2) is 86.0 Å². The highest BCUT2D eigenvalue weighted by Gasteiger charge is 2.42. The summed E-state index contributed by atoms with van der Waals surface area (Å²) in [5.74, 6) is -0.407. The molecule has 0 spiro atoms. The van der Waals surface area contributed by atoms with Crippen LogP contribution in [0.1, 0.15) is 146 Å². The summed E-state index contributed by atoms with van der Waals surface area (Å²) in [4.78, 5) is 31.2. The molecule has 4 aliphatic carbocycles. The predicted molar refractivity (Wildman–Crippen MR) is 303 cm³/mol. The van der Waals surface area contributed by atoms with E-state index in [9.17, 15) is 51.2 Å². The molecule has 10 rings (SSSR count). The number of nitrogens with one attached hydrogen (secondary N) is 2. The third-order valence-electron chi connectivity index (χ3n) is 15.4. The van der Waals surface area contributed by atoms with Crippen molar-refractivity contribution in [3.8, 4) is 11.5 Å². The number of rotatable bonds is 16. The van der Waals surface area contributed by atoms with Gasteiger partial charge in [0, 0.05) is 36.8 Å². The van der Waals surface area contributed by atoms with E-state index in [1.807, 2.05) is 38.1 Å². The second kappa shape index (κ2) is 28.7. The lowest BCUT2D eigenvalue weighted by Crippen LogP contribution is -2.36. The zero-order valence-corrected chi connectivity index (χ0v) is 49.8. The van der Waals surface area contributed by atoms with Crippen molar-refractivity contribution in [3.05, 3.63) is 155 Å². The zero-order chi connectivity index (χ0) is 61.0. The minimum Gasteiger partial charge on any atom is -0.497 e. The van der Waals surface area contributed by atoms with E-state index in [0.717, 1.165) is 109 Å². The van der Waals surface area contributed by atoms with Crippen LogP contribution in [0, 0.1) is 37.1 Å². The second-order valence-electron chi connectivity index (χ2n) is 20.8. The van der Waals surface area contributed by atoms with Crippen LogP contribution in [0.4, 0.5) is 17.6 Å². The largest absolute Gasteiger partial charge is 0.497 e. The van der Waals surface area contributed by atoms with Crippen LogP contribution in [0.3, 0.4) is 0 Å². The van der Waals surface area contributed by atoms with Crippen molar-refractivity contribution in [1.82, 2.24) is 49.3 Å². The van der Waals surface area contributed by atoms with Gasteiger partial charge in [0.25, 0.3) is 0 Å². The molecule has 84 heavy (non-hydrogen) atoms. The molecule has 6 N–H and O–H groups in total. The lowest BCUT2D eigenvalue weighted by atomic mass is 10.1. The van der Waals surface area contributed by atoms with Gasteiger partial charge in [-0.05, 0) is 112 Å². The third-order valence-corrected chi connectivity index (χ3v) is 22.0. The van der Waals surface area contributed by atoms with E-state index in [-0.39, 0.29) is 36.8 Å². The summed E-state index contributed by atoms with van der Waals surface area (Å²) in [6.07, 6.45) is 16.4. The van der Waals surface area contributed by atoms with Crippen LogP contribution in [0.5, 0.6) is 11.5 Å². The number of nitrogens with two attached hydrogens (primary N) is 2. The Morgan fingerprint density at radius 2 is 0.679 bits per heavy atom. The smallest absolute Gasteiger partial charge is 0.215 e. The summed E-state index contributed by atoms with van der Waals surface area (Å²) in [6.45, 7) is 4.26. The molecule has 4 fully saturated rings. The Bertz CT molecular complexity index is 3390.